The molecule has 0 aliphatic rings. The molecule has 1 rings (SSSR count). The predicted molar refractivity (Wildman–Crippen MR) is 59.3 cm³/mol. The molecule has 0 atom stereocenters. The Labute approximate surface area is 89.4 Å². The molecular weight excluding hydrogens is 192 g/mol. The molecule has 0 radical (unpaired) electrons. The summed E-state index contributed by atoms with van der Waals surface area (Å²) in [6.45, 7) is 4.15. The van der Waals surface area contributed by atoms with Crippen LogP contribution in [0, 0.1) is 6.92 Å². The first-order chi connectivity index (χ1) is 7.17. The number of rotatable bonds is 4. The molecule has 4 nitrogen and oxygen atoms in total. The molecule has 0 unspecified atom stereocenters. The van der Waals surface area contributed by atoms with Gasteiger partial charge in [0, 0.05) is 0 Å². The Balaban J connectivity index is 2.74. The Morgan fingerprint density at radius 1 is 1.53 bits per heavy atom. The van der Waals surface area contributed by atoms with E-state index in [-0.39, 0.29) is 12.4 Å². The Morgan fingerprint density at radius 2 is 2.27 bits per heavy atom. The number of nitrogens with two attached hydrogens (primary N) is 1. The van der Waals surface area contributed by atoms with Gasteiger partial charge in [0.15, 0.2) is 0 Å². The number of aryl methyl sites for hydroxylation is 1. The van der Waals surface area contributed by atoms with Gasteiger partial charge in [-0.25, -0.2) is 0 Å². The molecule has 0 aliphatic heterocycles. The maximum atomic E-state index is 11.2. The van der Waals surface area contributed by atoms with Crippen molar-refractivity contribution in [1.82, 2.24) is 0 Å². The first kappa shape index (κ1) is 11.5. The lowest BCUT2D eigenvalue weighted by Crippen LogP contribution is -2.10. The van der Waals surface area contributed by atoms with E-state index in [0.29, 0.717) is 6.61 Å². The van der Waals surface area contributed by atoms with Crippen LogP contribution in [-0.2, 0) is 16.0 Å². The number of esters is 1. The fourth-order valence-electron chi connectivity index (χ4n) is 1.31. The van der Waals surface area contributed by atoms with Crippen LogP contribution >= 0.6 is 0 Å². The largest absolute Gasteiger partial charge is 0.466 e. The number of hydrogen-bond donors (Lipinski definition) is 2. The van der Waals surface area contributed by atoms with Gasteiger partial charge in [-0.1, -0.05) is 12.1 Å². The van der Waals surface area contributed by atoms with E-state index >= 15 is 0 Å². The summed E-state index contributed by atoms with van der Waals surface area (Å²) in [5, 5.41) is 0. The number of anilines is 1. The van der Waals surface area contributed by atoms with Crippen LogP contribution in [0.1, 0.15) is 18.1 Å². The molecule has 0 amide bonds. The molecule has 0 saturated carbocycles. The summed E-state index contributed by atoms with van der Waals surface area (Å²) in [6, 6.07) is 5.67. The van der Waals surface area contributed by atoms with Gasteiger partial charge >= 0.3 is 5.97 Å². The monoisotopic (exact) mass is 208 g/mol. The molecule has 0 heterocycles. The van der Waals surface area contributed by atoms with Crippen molar-refractivity contribution in [1.29, 1.82) is 0 Å². The molecule has 1 aromatic rings. The normalized spacial score (nSPS) is 9.80. The van der Waals surface area contributed by atoms with Gasteiger partial charge in [-0.05, 0) is 31.0 Å². The average Bonchev–Trinajstić information content (AvgIpc) is 2.21. The fourth-order valence-corrected chi connectivity index (χ4v) is 1.31. The maximum absolute atomic E-state index is 11.2. The Kier molecular flexibility index (Phi) is 4.12. The predicted octanol–water partition coefficient (Wildman–Crippen LogP) is 1.39. The minimum atomic E-state index is -0.218. The third kappa shape index (κ3) is 3.25. The molecule has 1 aromatic carbocycles. The van der Waals surface area contributed by atoms with Crippen molar-refractivity contribution >= 4 is 11.7 Å². The highest BCUT2D eigenvalue weighted by molar-refractivity contribution is 5.73. The first-order valence-electron chi connectivity index (χ1n) is 4.89. The Morgan fingerprint density at radius 3 is 2.87 bits per heavy atom. The van der Waals surface area contributed by atoms with Crippen molar-refractivity contribution < 1.29 is 9.53 Å². The van der Waals surface area contributed by atoms with Crippen LogP contribution in [0.5, 0.6) is 0 Å². The number of nitrogen functional groups attached to an aromatic ring is 1. The highest BCUT2D eigenvalue weighted by Crippen LogP contribution is 2.16. The van der Waals surface area contributed by atoms with Crippen LogP contribution in [0.4, 0.5) is 5.69 Å². The standard InChI is InChI=1S/C11H16N2O2/c1-3-15-11(14)7-9-5-4-8(2)10(6-9)13-12/h4-6,13H,3,7,12H2,1-2H3. The first-order valence-corrected chi connectivity index (χ1v) is 4.89. The van der Waals surface area contributed by atoms with Crippen molar-refractivity contribution in [2.45, 2.75) is 20.3 Å². The lowest BCUT2D eigenvalue weighted by Gasteiger charge is -2.07. The summed E-state index contributed by atoms with van der Waals surface area (Å²) in [7, 11) is 0. The zero-order valence-corrected chi connectivity index (χ0v) is 9.04. The second-order valence-electron chi connectivity index (χ2n) is 3.28. The molecular formula is C11H16N2O2. The lowest BCUT2D eigenvalue weighted by atomic mass is 10.1. The van der Waals surface area contributed by atoms with Gasteiger partial charge in [0.25, 0.3) is 0 Å². The number of benzene rings is 1. The van der Waals surface area contributed by atoms with Crippen LogP contribution in [-0.4, -0.2) is 12.6 Å². The van der Waals surface area contributed by atoms with Crippen molar-refractivity contribution in [3.05, 3.63) is 29.3 Å². The lowest BCUT2D eigenvalue weighted by molar-refractivity contribution is -0.142. The van der Waals surface area contributed by atoms with Gasteiger partial charge < -0.3 is 10.2 Å². The van der Waals surface area contributed by atoms with Crippen molar-refractivity contribution in [2.24, 2.45) is 5.84 Å². The molecule has 4 heteroatoms. The summed E-state index contributed by atoms with van der Waals surface area (Å²) in [5.41, 5.74) is 5.36. The smallest absolute Gasteiger partial charge is 0.310 e. The van der Waals surface area contributed by atoms with Crippen LogP contribution < -0.4 is 11.3 Å². The zero-order chi connectivity index (χ0) is 11.3. The van der Waals surface area contributed by atoms with Gasteiger partial charge in [-0.2, -0.15) is 0 Å². The van der Waals surface area contributed by atoms with Crippen molar-refractivity contribution in [3.8, 4) is 0 Å². The van der Waals surface area contributed by atoms with E-state index in [4.69, 9.17) is 10.6 Å². The topological polar surface area (TPSA) is 64.3 Å². The molecule has 0 bridgehead atoms. The van der Waals surface area contributed by atoms with E-state index < -0.39 is 0 Å². The van der Waals surface area contributed by atoms with E-state index in [2.05, 4.69) is 5.43 Å². The minimum absolute atomic E-state index is 0.218. The summed E-state index contributed by atoms with van der Waals surface area (Å²) in [5.74, 6) is 5.12. The van der Waals surface area contributed by atoms with E-state index in [9.17, 15) is 4.79 Å². The van der Waals surface area contributed by atoms with Gasteiger partial charge in [0.1, 0.15) is 0 Å². The van der Waals surface area contributed by atoms with E-state index in [0.717, 1.165) is 16.8 Å². The number of ether oxygens (including phenoxy) is 1. The molecule has 3 N–H and O–H groups in total. The maximum Gasteiger partial charge on any atom is 0.310 e. The molecule has 82 valence electrons. The van der Waals surface area contributed by atoms with E-state index in [1.807, 2.05) is 25.1 Å². The molecule has 0 spiro atoms. The van der Waals surface area contributed by atoms with Crippen LogP contribution in [0.2, 0.25) is 0 Å². The second-order valence-corrected chi connectivity index (χ2v) is 3.28. The third-order valence-corrected chi connectivity index (χ3v) is 2.11. The number of carbonyl (C=O) groups excluding carboxylic acids is 1. The van der Waals surface area contributed by atoms with E-state index in [1.54, 1.807) is 6.92 Å². The SMILES string of the molecule is CCOC(=O)Cc1ccc(C)c(NN)c1. The molecule has 0 aromatic heterocycles. The highest BCUT2D eigenvalue weighted by Gasteiger charge is 2.05. The van der Waals surface area contributed by atoms with Crippen LogP contribution in [0.25, 0.3) is 0 Å². The van der Waals surface area contributed by atoms with Crippen LogP contribution in [0.3, 0.4) is 0 Å². The quantitative estimate of drug-likeness (QED) is 0.446. The number of hydrogen-bond acceptors (Lipinski definition) is 4. The fraction of sp³-hybridized carbons (Fsp3) is 0.364. The van der Waals surface area contributed by atoms with Gasteiger partial charge in [0.2, 0.25) is 0 Å². The van der Waals surface area contributed by atoms with Crippen LogP contribution in [0.15, 0.2) is 18.2 Å². The Bertz CT molecular complexity index is 350. The van der Waals surface area contributed by atoms with E-state index in [1.165, 1.54) is 0 Å². The summed E-state index contributed by atoms with van der Waals surface area (Å²) < 4.78 is 4.86. The van der Waals surface area contributed by atoms with Gasteiger partial charge in [-0.3, -0.25) is 10.6 Å². The average molecular weight is 208 g/mol. The molecule has 0 saturated heterocycles. The number of hydrazine groups is 1. The Hall–Kier alpha value is -1.55. The minimum Gasteiger partial charge on any atom is -0.466 e. The summed E-state index contributed by atoms with van der Waals surface area (Å²) in [4.78, 5) is 11.2. The second kappa shape index (κ2) is 5.36. The molecule has 15 heavy (non-hydrogen) atoms. The highest BCUT2D eigenvalue weighted by atomic mass is 16.5. The van der Waals surface area contributed by atoms with Gasteiger partial charge in [-0.15, -0.1) is 0 Å². The zero-order valence-electron chi connectivity index (χ0n) is 9.04. The molecule has 0 aliphatic carbocycles. The summed E-state index contributed by atoms with van der Waals surface area (Å²) >= 11 is 0. The number of nitrogens with one attached hydrogen (secondary N) is 1. The number of carbonyl (C=O) groups is 1. The van der Waals surface area contributed by atoms with Gasteiger partial charge in [0.05, 0.1) is 18.7 Å². The van der Waals surface area contributed by atoms with Crippen molar-refractivity contribution in [2.75, 3.05) is 12.0 Å². The third-order valence-electron chi connectivity index (χ3n) is 2.11. The van der Waals surface area contributed by atoms with Crippen molar-refractivity contribution in [3.63, 3.8) is 0 Å². The summed E-state index contributed by atoms with van der Waals surface area (Å²) in [6.07, 6.45) is 0.281. The molecule has 0 fully saturated rings.